The van der Waals surface area contributed by atoms with Crippen molar-refractivity contribution < 1.29 is 14.2 Å². The molecule has 1 aliphatic rings. The number of carbonyl (C=O) groups excluding carboxylic acids is 2. The number of rotatable bonds is 1. The molecule has 0 saturated carbocycles. The van der Waals surface area contributed by atoms with Gasteiger partial charge in [0.2, 0.25) is 0 Å². The first-order valence-electron chi connectivity index (χ1n) is 3.66. The average molecular weight is 157 g/mol. The van der Waals surface area contributed by atoms with E-state index in [0.717, 1.165) is 0 Å². The zero-order chi connectivity index (χ0) is 8.65. The normalized spacial score (nSPS) is 23.3. The SMILES string of the molecule is CC(C)[N+]1([O-])C(=O)CCC1=O. The van der Waals surface area contributed by atoms with E-state index in [1.165, 1.54) is 0 Å². The lowest BCUT2D eigenvalue weighted by Crippen LogP contribution is -2.51. The van der Waals surface area contributed by atoms with Gasteiger partial charge in [-0.05, 0) is 13.8 Å². The molecule has 1 rings (SSSR count). The lowest BCUT2D eigenvalue weighted by atomic mass is 10.3. The van der Waals surface area contributed by atoms with Crippen LogP contribution in [0, 0.1) is 5.21 Å². The minimum absolute atomic E-state index is 0.112. The molecule has 2 amide bonds. The van der Waals surface area contributed by atoms with E-state index in [0.29, 0.717) is 0 Å². The van der Waals surface area contributed by atoms with Gasteiger partial charge in [0.15, 0.2) is 0 Å². The summed E-state index contributed by atoms with van der Waals surface area (Å²) in [7, 11) is 0. The summed E-state index contributed by atoms with van der Waals surface area (Å²) >= 11 is 0. The summed E-state index contributed by atoms with van der Waals surface area (Å²) in [6.07, 6.45) is 0.223. The number of quaternary nitrogens is 1. The van der Waals surface area contributed by atoms with Crippen LogP contribution in [0.25, 0.3) is 0 Å². The van der Waals surface area contributed by atoms with Crippen LogP contribution in [-0.2, 0) is 9.59 Å². The molecule has 4 nitrogen and oxygen atoms in total. The molecule has 4 heteroatoms. The smallest absolute Gasteiger partial charge is 0.321 e. The van der Waals surface area contributed by atoms with Crippen LogP contribution in [0.5, 0.6) is 0 Å². The maximum absolute atomic E-state index is 11.5. The molecule has 0 aromatic rings. The van der Waals surface area contributed by atoms with E-state index in [-0.39, 0.29) is 12.8 Å². The maximum Gasteiger partial charge on any atom is 0.321 e. The Morgan fingerprint density at radius 3 is 1.82 bits per heavy atom. The highest BCUT2D eigenvalue weighted by molar-refractivity contribution is 5.92. The summed E-state index contributed by atoms with van der Waals surface area (Å²) in [5.74, 6) is -0.991. The predicted octanol–water partition coefficient (Wildman–Crippen LogP) is 0.556. The Balaban J connectivity index is 2.98. The van der Waals surface area contributed by atoms with Gasteiger partial charge in [0.25, 0.3) is 0 Å². The Morgan fingerprint density at radius 1 is 1.27 bits per heavy atom. The number of hydroxylamine groups is 3. The van der Waals surface area contributed by atoms with Crippen molar-refractivity contribution in [3.05, 3.63) is 5.21 Å². The van der Waals surface area contributed by atoms with E-state index in [9.17, 15) is 14.8 Å². The molecule has 1 saturated heterocycles. The fraction of sp³-hybridized carbons (Fsp3) is 0.714. The van der Waals surface area contributed by atoms with E-state index in [1.807, 2.05) is 0 Å². The lowest BCUT2D eigenvalue weighted by Gasteiger charge is -2.36. The molecule has 0 radical (unpaired) electrons. The van der Waals surface area contributed by atoms with Crippen molar-refractivity contribution in [1.29, 1.82) is 0 Å². The van der Waals surface area contributed by atoms with Crippen molar-refractivity contribution in [3.63, 3.8) is 0 Å². The predicted molar refractivity (Wildman–Crippen MR) is 38.0 cm³/mol. The van der Waals surface area contributed by atoms with Crippen LogP contribution in [0.1, 0.15) is 26.7 Å². The van der Waals surface area contributed by atoms with Crippen molar-refractivity contribution >= 4 is 11.8 Å². The number of hydrogen-bond donors (Lipinski definition) is 0. The molecule has 62 valence electrons. The van der Waals surface area contributed by atoms with Crippen LogP contribution in [0.15, 0.2) is 0 Å². The molecule has 0 aromatic heterocycles. The van der Waals surface area contributed by atoms with Crippen LogP contribution in [0.3, 0.4) is 0 Å². The number of hydrogen-bond acceptors (Lipinski definition) is 3. The van der Waals surface area contributed by atoms with Crippen molar-refractivity contribution in [2.24, 2.45) is 0 Å². The maximum atomic E-state index is 11.5. The van der Waals surface area contributed by atoms with Crippen LogP contribution < -0.4 is 0 Å². The first-order chi connectivity index (χ1) is 4.99. The topological polar surface area (TPSA) is 57.2 Å². The molecule has 0 N–H and O–H groups in total. The summed E-state index contributed by atoms with van der Waals surface area (Å²) in [6, 6.07) is -0.475. The summed E-state index contributed by atoms with van der Waals surface area (Å²) in [5.41, 5.74) is 0. The van der Waals surface area contributed by atoms with Gasteiger partial charge in [-0.15, -0.1) is 0 Å². The second-order valence-electron chi connectivity index (χ2n) is 3.04. The molecule has 0 bridgehead atoms. The molecule has 1 heterocycles. The summed E-state index contributed by atoms with van der Waals surface area (Å²) in [5, 5.41) is 11.5. The van der Waals surface area contributed by atoms with Gasteiger partial charge < -0.3 is 5.21 Å². The molecular weight excluding hydrogens is 146 g/mol. The molecule has 1 aliphatic heterocycles. The minimum atomic E-state index is -1.25. The van der Waals surface area contributed by atoms with E-state index < -0.39 is 22.5 Å². The monoisotopic (exact) mass is 157 g/mol. The Hall–Kier alpha value is -0.740. The molecule has 0 aromatic carbocycles. The molecule has 0 unspecified atom stereocenters. The van der Waals surface area contributed by atoms with Crippen LogP contribution >= 0.6 is 0 Å². The van der Waals surface area contributed by atoms with Crippen LogP contribution in [0.4, 0.5) is 0 Å². The first-order valence-corrected chi connectivity index (χ1v) is 3.66. The summed E-state index contributed by atoms with van der Waals surface area (Å²) < 4.78 is -1.25. The standard InChI is InChI=1S/C7H11NO3/c1-5(2)8(11)6(9)3-4-7(8)10/h5H,3-4H2,1-2H3. The fourth-order valence-electron chi connectivity index (χ4n) is 1.26. The third-order valence-electron chi connectivity index (χ3n) is 2.02. The Kier molecular flexibility index (Phi) is 1.82. The van der Waals surface area contributed by atoms with Gasteiger partial charge in [0, 0.05) is 0 Å². The average Bonchev–Trinajstić information content (AvgIpc) is 2.18. The van der Waals surface area contributed by atoms with Crippen molar-refractivity contribution in [1.82, 2.24) is 0 Å². The molecular formula is C7H11NO3. The van der Waals surface area contributed by atoms with Crippen molar-refractivity contribution in [2.45, 2.75) is 32.7 Å². The van der Waals surface area contributed by atoms with E-state index in [1.54, 1.807) is 13.8 Å². The number of carbonyl (C=O) groups is 2. The second kappa shape index (κ2) is 2.39. The Bertz CT molecular complexity index is 194. The summed E-state index contributed by atoms with van der Waals surface area (Å²) in [6.45, 7) is 3.18. The molecule has 1 fully saturated rings. The zero-order valence-electron chi connectivity index (χ0n) is 6.66. The minimum Gasteiger partial charge on any atom is -0.617 e. The van der Waals surface area contributed by atoms with Crippen molar-refractivity contribution in [3.8, 4) is 0 Å². The molecule has 0 spiro atoms. The Labute approximate surface area is 65.0 Å². The van der Waals surface area contributed by atoms with E-state index in [4.69, 9.17) is 0 Å². The van der Waals surface area contributed by atoms with Gasteiger partial charge in [-0.3, -0.25) is 0 Å². The van der Waals surface area contributed by atoms with Gasteiger partial charge in [-0.2, -0.15) is 0 Å². The highest BCUT2D eigenvalue weighted by Gasteiger charge is 2.44. The summed E-state index contributed by atoms with van der Waals surface area (Å²) in [4.78, 5) is 22.0. The van der Waals surface area contributed by atoms with Gasteiger partial charge in [0.05, 0.1) is 18.9 Å². The third-order valence-corrected chi connectivity index (χ3v) is 2.02. The molecule has 0 aliphatic carbocycles. The van der Waals surface area contributed by atoms with Crippen LogP contribution in [-0.4, -0.2) is 22.5 Å². The Morgan fingerprint density at radius 2 is 1.64 bits per heavy atom. The van der Waals surface area contributed by atoms with Crippen molar-refractivity contribution in [2.75, 3.05) is 0 Å². The highest BCUT2D eigenvalue weighted by Crippen LogP contribution is 2.24. The number of likely N-dealkylation sites (tertiary alicyclic amines) is 1. The van der Waals surface area contributed by atoms with Gasteiger partial charge in [0.1, 0.15) is 0 Å². The van der Waals surface area contributed by atoms with E-state index in [2.05, 4.69) is 0 Å². The largest absolute Gasteiger partial charge is 0.617 e. The zero-order valence-corrected chi connectivity index (χ0v) is 6.66. The first kappa shape index (κ1) is 8.36. The fourth-order valence-corrected chi connectivity index (χ4v) is 1.26. The number of imide groups is 1. The third kappa shape index (κ3) is 0.985. The molecule has 0 atom stereocenters. The lowest BCUT2D eigenvalue weighted by molar-refractivity contribution is -0.744. The van der Waals surface area contributed by atoms with E-state index >= 15 is 0 Å². The van der Waals surface area contributed by atoms with Crippen LogP contribution in [0.2, 0.25) is 0 Å². The van der Waals surface area contributed by atoms with Gasteiger partial charge >= 0.3 is 11.8 Å². The van der Waals surface area contributed by atoms with Gasteiger partial charge in [-0.1, -0.05) is 0 Å². The number of nitrogens with zero attached hydrogens (tertiary/aromatic N) is 1. The number of amides is 2. The quantitative estimate of drug-likeness (QED) is 0.317. The van der Waals surface area contributed by atoms with Gasteiger partial charge in [-0.25, -0.2) is 14.2 Å². The highest BCUT2D eigenvalue weighted by atomic mass is 16.6. The molecule has 11 heavy (non-hydrogen) atoms. The second-order valence-corrected chi connectivity index (χ2v) is 3.04.